The number of aryl methyl sites for hydroxylation is 2. The number of anilines is 1. The Morgan fingerprint density at radius 2 is 1.77 bits per heavy atom. The molecule has 1 aliphatic heterocycles. The van der Waals surface area contributed by atoms with Crippen molar-refractivity contribution in [3.05, 3.63) is 85.4 Å². The minimum atomic E-state index is -0.359. The predicted octanol–water partition coefficient (Wildman–Crippen LogP) is 7.06. The van der Waals surface area contributed by atoms with E-state index in [1.807, 2.05) is 39.0 Å². The summed E-state index contributed by atoms with van der Waals surface area (Å²) >= 11 is 10.7. The summed E-state index contributed by atoms with van der Waals surface area (Å²) in [6.45, 7) is 6.08. The van der Waals surface area contributed by atoms with Crippen molar-refractivity contribution in [3.8, 4) is 5.69 Å². The van der Waals surface area contributed by atoms with Gasteiger partial charge < -0.3 is 4.57 Å². The first-order valence-electron chi connectivity index (χ1n) is 9.26. The van der Waals surface area contributed by atoms with Crippen LogP contribution in [0.5, 0.6) is 0 Å². The molecule has 7 heteroatoms. The van der Waals surface area contributed by atoms with E-state index in [0.717, 1.165) is 49.3 Å². The SMILES string of the molecule is Cc1cc(-n2c(C)cc(/C=C3\SC(=O)N(c4ccccc4Cl)C3=O)c2C)ccc1Br. The number of imide groups is 1. The maximum absolute atomic E-state index is 13.0. The van der Waals surface area contributed by atoms with Crippen LogP contribution in [0.1, 0.15) is 22.5 Å². The largest absolute Gasteiger partial charge is 0.318 e. The van der Waals surface area contributed by atoms with Crippen molar-refractivity contribution in [3.63, 3.8) is 0 Å². The Bertz CT molecular complexity index is 1230. The van der Waals surface area contributed by atoms with Gasteiger partial charge in [0.25, 0.3) is 11.1 Å². The Labute approximate surface area is 192 Å². The van der Waals surface area contributed by atoms with Crippen LogP contribution >= 0.6 is 39.3 Å². The quantitative estimate of drug-likeness (QED) is 0.361. The zero-order valence-corrected chi connectivity index (χ0v) is 19.7. The summed E-state index contributed by atoms with van der Waals surface area (Å²) in [4.78, 5) is 27.0. The smallest absolute Gasteiger partial charge is 0.298 e. The molecule has 0 saturated carbocycles. The lowest BCUT2D eigenvalue weighted by Gasteiger charge is -2.13. The molecular formula is C23H18BrClN2O2S. The van der Waals surface area contributed by atoms with Gasteiger partial charge in [0.1, 0.15) is 0 Å². The van der Waals surface area contributed by atoms with Crippen LogP contribution in [-0.2, 0) is 4.79 Å². The summed E-state index contributed by atoms with van der Waals surface area (Å²) < 4.78 is 3.20. The third-order valence-corrected chi connectivity index (χ3v) is 7.12. The van der Waals surface area contributed by atoms with Crippen molar-refractivity contribution in [2.24, 2.45) is 0 Å². The van der Waals surface area contributed by atoms with Crippen LogP contribution in [-0.4, -0.2) is 15.7 Å². The second kappa shape index (κ2) is 8.10. The molecule has 1 fully saturated rings. The second-order valence-corrected chi connectivity index (χ2v) is 9.32. The van der Waals surface area contributed by atoms with Crippen LogP contribution in [0.15, 0.2) is 57.9 Å². The van der Waals surface area contributed by atoms with Gasteiger partial charge in [-0.2, -0.15) is 0 Å². The number of nitrogens with zero attached hydrogens (tertiary/aromatic N) is 2. The highest BCUT2D eigenvalue weighted by atomic mass is 79.9. The van der Waals surface area contributed by atoms with Crippen molar-refractivity contribution < 1.29 is 9.59 Å². The number of thioether (sulfide) groups is 1. The van der Waals surface area contributed by atoms with E-state index in [1.165, 1.54) is 0 Å². The summed E-state index contributed by atoms with van der Waals surface area (Å²) in [6.07, 6.45) is 1.78. The lowest BCUT2D eigenvalue weighted by molar-refractivity contribution is -0.113. The zero-order valence-electron chi connectivity index (χ0n) is 16.6. The molecule has 152 valence electrons. The van der Waals surface area contributed by atoms with Gasteiger partial charge in [0, 0.05) is 21.5 Å². The average Bonchev–Trinajstić information content (AvgIpc) is 3.13. The molecule has 0 bridgehead atoms. The molecule has 3 aromatic rings. The van der Waals surface area contributed by atoms with Crippen molar-refractivity contribution in [2.75, 3.05) is 4.90 Å². The van der Waals surface area contributed by atoms with Gasteiger partial charge in [0.2, 0.25) is 0 Å². The summed E-state index contributed by atoms with van der Waals surface area (Å²) in [5.41, 5.74) is 5.54. The van der Waals surface area contributed by atoms with Crippen LogP contribution in [0.25, 0.3) is 11.8 Å². The first kappa shape index (κ1) is 21.0. The van der Waals surface area contributed by atoms with E-state index in [9.17, 15) is 9.59 Å². The maximum atomic E-state index is 13.0. The molecule has 30 heavy (non-hydrogen) atoms. The van der Waals surface area contributed by atoms with Gasteiger partial charge in [-0.15, -0.1) is 0 Å². The molecule has 0 unspecified atom stereocenters. The molecule has 2 amide bonds. The van der Waals surface area contributed by atoms with Crippen LogP contribution < -0.4 is 4.90 Å². The number of rotatable bonds is 3. The molecule has 1 saturated heterocycles. The molecular weight excluding hydrogens is 484 g/mol. The number of hydrogen-bond acceptors (Lipinski definition) is 3. The molecule has 0 spiro atoms. The molecule has 4 rings (SSSR count). The summed E-state index contributed by atoms with van der Waals surface area (Å²) in [6, 6.07) is 15.1. The fraction of sp³-hybridized carbons (Fsp3) is 0.130. The van der Waals surface area contributed by atoms with Crippen LogP contribution in [0, 0.1) is 20.8 Å². The van der Waals surface area contributed by atoms with Gasteiger partial charge in [-0.05, 0) is 86.1 Å². The van der Waals surface area contributed by atoms with Gasteiger partial charge in [0.15, 0.2) is 0 Å². The highest BCUT2D eigenvalue weighted by Gasteiger charge is 2.37. The van der Waals surface area contributed by atoms with Crippen LogP contribution in [0.4, 0.5) is 10.5 Å². The molecule has 4 nitrogen and oxygen atoms in total. The molecule has 0 N–H and O–H groups in total. The minimum absolute atomic E-state index is 0.350. The molecule has 0 atom stereocenters. The molecule has 2 heterocycles. The summed E-state index contributed by atoms with van der Waals surface area (Å²) in [5.74, 6) is -0.359. The Balaban J connectivity index is 1.72. The van der Waals surface area contributed by atoms with Crippen molar-refractivity contribution in [1.29, 1.82) is 0 Å². The zero-order chi connectivity index (χ0) is 21.6. The van der Waals surface area contributed by atoms with E-state index in [4.69, 9.17) is 11.6 Å². The number of aromatic nitrogens is 1. The highest BCUT2D eigenvalue weighted by molar-refractivity contribution is 9.10. The number of hydrogen-bond donors (Lipinski definition) is 0. The highest BCUT2D eigenvalue weighted by Crippen LogP contribution is 2.39. The number of para-hydroxylation sites is 1. The second-order valence-electron chi connectivity index (χ2n) is 7.06. The third-order valence-electron chi connectivity index (χ3n) is 5.04. The number of halogens is 2. The monoisotopic (exact) mass is 500 g/mol. The average molecular weight is 502 g/mol. The van der Waals surface area contributed by atoms with Crippen molar-refractivity contribution in [2.45, 2.75) is 20.8 Å². The molecule has 0 radical (unpaired) electrons. The lowest BCUT2D eigenvalue weighted by atomic mass is 10.2. The van der Waals surface area contributed by atoms with E-state index >= 15 is 0 Å². The predicted molar refractivity (Wildman–Crippen MR) is 128 cm³/mol. The third kappa shape index (κ3) is 3.64. The summed E-state index contributed by atoms with van der Waals surface area (Å²) in [7, 11) is 0. The van der Waals surface area contributed by atoms with E-state index in [2.05, 4.69) is 26.6 Å². The molecule has 1 aromatic heterocycles. The van der Waals surface area contributed by atoms with E-state index in [1.54, 1.807) is 30.3 Å². The summed E-state index contributed by atoms with van der Waals surface area (Å²) in [5, 5.41) is 0.0153. The van der Waals surface area contributed by atoms with Gasteiger partial charge in [0.05, 0.1) is 15.6 Å². The van der Waals surface area contributed by atoms with Crippen molar-refractivity contribution in [1.82, 2.24) is 4.57 Å². The van der Waals surface area contributed by atoms with E-state index in [0.29, 0.717) is 15.6 Å². The fourth-order valence-corrected chi connectivity index (χ4v) is 4.84. The number of benzene rings is 2. The molecule has 0 aliphatic carbocycles. The van der Waals surface area contributed by atoms with Crippen LogP contribution in [0.3, 0.4) is 0 Å². The Hall–Kier alpha value is -2.28. The molecule has 1 aliphatic rings. The van der Waals surface area contributed by atoms with Gasteiger partial charge >= 0.3 is 0 Å². The van der Waals surface area contributed by atoms with Crippen LogP contribution in [0.2, 0.25) is 5.02 Å². The number of carbonyl (C=O) groups excluding carboxylic acids is 2. The Morgan fingerprint density at radius 1 is 1.03 bits per heavy atom. The van der Waals surface area contributed by atoms with Gasteiger partial charge in [-0.1, -0.05) is 39.7 Å². The number of amides is 2. The first-order valence-corrected chi connectivity index (χ1v) is 11.2. The Morgan fingerprint density at radius 3 is 2.47 bits per heavy atom. The van der Waals surface area contributed by atoms with E-state index < -0.39 is 0 Å². The van der Waals surface area contributed by atoms with Gasteiger partial charge in [-0.3, -0.25) is 9.59 Å². The van der Waals surface area contributed by atoms with Gasteiger partial charge in [-0.25, -0.2) is 4.90 Å². The maximum Gasteiger partial charge on any atom is 0.298 e. The molecule has 2 aromatic carbocycles. The van der Waals surface area contributed by atoms with Crippen molar-refractivity contribution >= 4 is 62.2 Å². The normalized spacial score (nSPS) is 15.5. The Kier molecular flexibility index (Phi) is 5.66. The number of carbonyl (C=O) groups is 2. The lowest BCUT2D eigenvalue weighted by Crippen LogP contribution is -2.27. The standard InChI is InChI=1S/C23H18BrClN2O2S/c1-13-10-17(8-9-18(13)24)26-14(2)11-16(15(26)3)12-21-22(28)27(23(29)30-21)20-7-5-4-6-19(20)25/h4-12H,1-3H3/b21-12-. The van der Waals surface area contributed by atoms with E-state index in [-0.39, 0.29) is 11.1 Å². The first-order chi connectivity index (χ1) is 14.3. The minimum Gasteiger partial charge on any atom is -0.318 e. The fourth-order valence-electron chi connectivity index (χ4n) is 3.55. The topological polar surface area (TPSA) is 42.3 Å².